The van der Waals surface area contributed by atoms with E-state index >= 15 is 0 Å². The van der Waals surface area contributed by atoms with Gasteiger partial charge in [-0.3, -0.25) is 19.2 Å². The largest absolute Gasteiger partial charge is 0.481 e. The molecule has 0 aromatic heterocycles. The highest BCUT2D eigenvalue weighted by Crippen LogP contribution is 1.93. The number of aliphatic carboxylic acids is 4. The van der Waals surface area contributed by atoms with Gasteiger partial charge in [-0.15, -0.1) is 0 Å². The molecule has 0 aliphatic carbocycles. The van der Waals surface area contributed by atoms with Crippen molar-refractivity contribution in [2.24, 2.45) is 0 Å². The standard InChI is InChI=1S/C5H8O4.C4H6O4.2C4H10/c6-4(7)2-1-3-5(8)9;5-3(6)1-2-4(7)8;2*1-3-4-2/h1-3H2,(H,6,7)(H,8,9);1-2H2,(H,5,6)(H,7,8);2*3-4H2,1-2H3. The molecule has 0 saturated carbocycles. The van der Waals surface area contributed by atoms with Gasteiger partial charge in [0.05, 0.1) is 12.8 Å². The van der Waals surface area contributed by atoms with E-state index in [0.29, 0.717) is 0 Å². The average molecular weight is 366 g/mol. The van der Waals surface area contributed by atoms with Crippen molar-refractivity contribution in [3.8, 4) is 0 Å². The number of hydrogen-bond donors (Lipinski definition) is 4. The SMILES string of the molecule is CCCC.CCCC.O=C(O)CCC(=O)O.O=C(O)CCCC(=O)O. The van der Waals surface area contributed by atoms with Crippen molar-refractivity contribution in [3.05, 3.63) is 0 Å². The maximum atomic E-state index is 9.79. The van der Waals surface area contributed by atoms with Gasteiger partial charge in [-0.05, 0) is 6.42 Å². The van der Waals surface area contributed by atoms with Crippen molar-refractivity contribution in [1.82, 2.24) is 0 Å². The summed E-state index contributed by atoms with van der Waals surface area (Å²) in [5.74, 6) is -4.05. The first-order chi connectivity index (χ1) is 11.6. The predicted molar refractivity (Wildman–Crippen MR) is 94.8 cm³/mol. The first-order valence-electron chi connectivity index (χ1n) is 8.45. The predicted octanol–water partition coefficient (Wildman–Crippen LogP) is 3.87. The van der Waals surface area contributed by atoms with E-state index in [-0.39, 0.29) is 32.1 Å². The summed E-state index contributed by atoms with van der Waals surface area (Å²) in [6, 6.07) is 0. The van der Waals surface area contributed by atoms with Crippen molar-refractivity contribution in [1.29, 1.82) is 0 Å². The number of hydrogen-bond acceptors (Lipinski definition) is 4. The minimum absolute atomic E-state index is 0.0632. The molecule has 0 saturated heterocycles. The van der Waals surface area contributed by atoms with E-state index in [1.807, 2.05) is 0 Å². The Morgan fingerprint density at radius 2 is 0.680 bits per heavy atom. The second-order valence-corrected chi connectivity index (χ2v) is 4.93. The first kappa shape index (κ1) is 30.7. The summed E-state index contributed by atoms with van der Waals surface area (Å²) in [5, 5.41) is 31.9. The summed E-state index contributed by atoms with van der Waals surface area (Å²) in [7, 11) is 0. The highest BCUT2D eigenvalue weighted by atomic mass is 16.4. The maximum absolute atomic E-state index is 9.79. The van der Waals surface area contributed by atoms with Crippen LogP contribution in [0.4, 0.5) is 0 Å². The van der Waals surface area contributed by atoms with Crippen LogP contribution in [-0.4, -0.2) is 44.3 Å². The molecule has 0 bridgehead atoms. The Hall–Kier alpha value is -2.12. The fourth-order valence-corrected chi connectivity index (χ4v) is 0.605. The van der Waals surface area contributed by atoms with E-state index in [2.05, 4.69) is 27.7 Å². The van der Waals surface area contributed by atoms with Gasteiger partial charge in [-0.1, -0.05) is 53.4 Å². The third-order valence-electron chi connectivity index (χ3n) is 2.33. The van der Waals surface area contributed by atoms with Crippen molar-refractivity contribution in [3.63, 3.8) is 0 Å². The van der Waals surface area contributed by atoms with Crippen molar-refractivity contribution in [2.45, 2.75) is 85.5 Å². The van der Waals surface area contributed by atoms with E-state index < -0.39 is 23.9 Å². The van der Waals surface area contributed by atoms with Gasteiger partial charge >= 0.3 is 23.9 Å². The summed E-state index contributed by atoms with van der Waals surface area (Å²) >= 11 is 0. The zero-order valence-electron chi connectivity index (χ0n) is 15.8. The van der Waals surface area contributed by atoms with Crippen LogP contribution in [0.5, 0.6) is 0 Å². The molecule has 0 aromatic rings. The molecule has 0 rings (SSSR count). The van der Waals surface area contributed by atoms with E-state index in [4.69, 9.17) is 20.4 Å². The lowest BCUT2D eigenvalue weighted by Crippen LogP contribution is -2.00. The minimum atomic E-state index is -1.08. The summed E-state index contributed by atoms with van der Waals surface area (Å²) in [6.45, 7) is 8.72. The zero-order chi connectivity index (χ0) is 20.7. The van der Waals surface area contributed by atoms with Crippen LogP contribution in [0, 0.1) is 0 Å². The van der Waals surface area contributed by atoms with E-state index in [1.165, 1.54) is 25.7 Å². The molecule has 0 heterocycles. The molecule has 0 aliphatic rings. The van der Waals surface area contributed by atoms with E-state index in [0.717, 1.165) is 0 Å². The van der Waals surface area contributed by atoms with Gasteiger partial charge in [0.1, 0.15) is 0 Å². The van der Waals surface area contributed by atoms with Gasteiger partial charge in [0, 0.05) is 12.8 Å². The molecule has 25 heavy (non-hydrogen) atoms. The lowest BCUT2D eigenvalue weighted by molar-refractivity contribution is -0.143. The lowest BCUT2D eigenvalue weighted by Gasteiger charge is -1.89. The normalized spacial score (nSPS) is 8.32. The number of unbranched alkanes of at least 4 members (excludes halogenated alkanes) is 2. The van der Waals surface area contributed by atoms with E-state index in [1.54, 1.807) is 0 Å². The number of carbonyl (C=O) groups is 4. The fourth-order valence-electron chi connectivity index (χ4n) is 0.605. The van der Waals surface area contributed by atoms with Gasteiger partial charge in [-0.2, -0.15) is 0 Å². The van der Waals surface area contributed by atoms with Crippen LogP contribution in [0.2, 0.25) is 0 Å². The Morgan fingerprint density at radius 1 is 0.480 bits per heavy atom. The quantitative estimate of drug-likeness (QED) is 0.480. The Labute approximate surface area is 149 Å². The number of carboxylic acid groups (broad SMARTS) is 4. The van der Waals surface area contributed by atoms with Gasteiger partial charge in [-0.25, -0.2) is 0 Å². The molecule has 0 aliphatic heterocycles. The Bertz CT molecular complexity index is 304. The first-order valence-corrected chi connectivity index (χ1v) is 8.45. The van der Waals surface area contributed by atoms with Crippen LogP contribution in [0.1, 0.15) is 85.5 Å². The second kappa shape index (κ2) is 26.8. The van der Waals surface area contributed by atoms with Gasteiger partial charge < -0.3 is 20.4 Å². The average Bonchev–Trinajstić information content (AvgIpc) is 2.53. The smallest absolute Gasteiger partial charge is 0.303 e. The number of rotatable bonds is 9. The fraction of sp³-hybridized carbons (Fsp3) is 0.765. The molecule has 150 valence electrons. The van der Waals surface area contributed by atoms with Crippen LogP contribution >= 0.6 is 0 Å². The Morgan fingerprint density at radius 3 is 0.800 bits per heavy atom. The summed E-state index contributed by atoms with van der Waals surface area (Å²) in [6.07, 6.45) is 4.77. The molecular formula is C17H34O8. The maximum Gasteiger partial charge on any atom is 0.303 e. The molecule has 4 N–H and O–H groups in total. The highest BCUT2D eigenvalue weighted by molar-refractivity contribution is 5.75. The van der Waals surface area contributed by atoms with Crippen LogP contribution < -0.4 is 0 Å². The third kappa shape index (κ3) is 73.1. The zero-order valence-corrected chi connectivity index (χ0v) is 15.8. The molecule has 0 spiro atoms. The van der Waals surface area contributed by atoms with Crippen LogP contribution in [0.3, 0.4) is 0 Å². The van der Waals surface area contributed by atoms with Crippen LogP contribution in [-0.2, 0) is 19.2 Å². The van der Waals surface area contributed by atoms with Gasteiger partial charge in [0.2, 0.25) is 0 Å². The van der Waals surface area contributed by atoms with E-state index in [9.17, 15) is 19.2 Å². The lowest BCUT2D eigenvalue weighted by atomic mass is 10.2. The molecule has 0 atom stereocenters. The second-order valence-electron chi connectivity index (χ2n) is 4.93. The molecule has 0 aromatic carbocycles. The number of carboxylic acids is 4. The molecule has 8 nitrogen and oxygen atoms in total. The minimum Gasteiger partial charge on any atom is -0.481 e. The van der Waals surface area contributed by atoms with Crippen LogP contribution in [0.25, 0.3) is 0 Å². The Balaban J connectivity index is -0.000000126. The highest BCUT2D eigenvalue weighted by Gasteiger charge is 2.00. The van der Waals surface area contributed by atoms with Crippen molar-refractivity contribution in [2.75, 3.05) is 0 Å². The topological polar surface area (TPSA) is 149 Å². The molecule has 0 radical (unpaired) electrons. The van der Waals surface area contributed by atoms with Gasteiger partial charge in [0.25, 0.3) is 0 Å². The van der Waals surface area contributed by atoms with Crippen molar-refractivity contribution >= 4 is 23.9 Å². The molecule has 0 fully saturated rings. The third-order valence-corrected chi connectivity index (χ3v) is 2.33. The molecular weight excluding hydrogens is 332 g/mol. The Kier molecular flexibility index (Phi) is 32.9. The molecule has 0 unspecified atom stereocenters. The molecule has 0 amide bonds. The summed E-state index contributed by atoms with van der Waals surface area (Å²) < 4.78 is 0. The van der Waals surface area contributed by atoms with Crippen LogP contribution in [0.15, 0.2) is 0 Å². The van der Waals surface area contributed by atoms with Gasteiger partial charge in [0.15, 0.2) is 0 Å². The molecule has 8 heteroatoms. The summed E-state index contributed by atoms with van der Waals surface area (Å²) in [5.41, 5.74) is 0. The summed E-state index contributed by atoms with van der Waals surface area (Å²) in [4.78, 5) is 38.9. The van der Waals surface area contributed by atoms with Crippen molar-refractivity contribution < 1.29 is 39.6 Å². The monoisotopic (exact) mass is 366 g/mol.